The van der Waals surface area contributed by atoms with E-state index in [1.807, 2.05) is 158 Å². The Morgan fingerprint density at radius 2 is 0.887 bits per heavy atom. The van der Waals surface area contributed by atoms with Crippen molar-refractivity contribution >= 4 is 0 Å². The SMILES string of the molecule is O[C@@]1(c2cccc(Cc3ccccc3)c2)O[C@H](COCc2ccccc2)[C@@H](OCc2ccccc2)[C@H](OCc2ccccc2)[C@H]1OCc1ccccc1. The zero-order valence-corrected chi connectivity index (χ0v) is 29.8. The molecule has 270 valence electrons. The molecule has 1 heterocycles. The third kappa shape index (κ3) is 9.75. The topological polar surface area (TPSA) is 66.4 Å². The molecular formula is C47H46O6. The fourth-order valence-electron chi connectivity index (χ4n) is 6.82. The predicted octanol–water partition coefficient (Wildman–Crippen LogP) is 8.79. The first-order valence-electron chi connectivity index (χ1n) is 18.3. The van der Waals surface area contributed by atoms with Gasteiger partial charge in [-0.15, -0.1) is 0 Å². The maximum atomic E-state index is 13.1. The van der Waals surface area contributed by atoms with Gasteiger partial charge in [0.2, 0.25) is 5.79 Å². The van der Waals surface area contributed by atoms with Crippen LogP contribution in [0.5, 0.6) is 0 Å². The van der Waals surface area contributed by atoms with Crippen LogP contribution in [0.4, 0.5) is 0 Å². The first-order valence-corrected chi connectivity index (χ1v) is 18.3. The Labute approximate surface area is 312 Å². The van der Waals surface area contributed by atoms with E-state index in [-0.39, 0.29) is 19.8 Å². The molecule has 1 aliphatic rings. The lowest BCUT2D eigenvalue weighted by Gasteiger charge is -2.50. The zero-order chi connectivity index (χ0) is 36.1. The molecule has 53 heavy (non-hydrogen) atoms. The molecule has 6 heteroatoms. The van der Waals surface area contributed by atoms with E-state index in [1.165, 1.54) is 5.56 Å². The minimum absolute atomic E-state index is 0.150. The quantitative estimate of drug-likeness (QED) is 0.109. The molecule has 0 aliphatic carbocycles. The molecule has 0 saturated carbocycles. The molecule has 6 aromatic rings. The lowest BCUT2D eigenvalue weighted by atomic mass is 9.86. The summed E-state index contributed by atoms with van der Waals surface area (Å²) in [5.41, 5.74) is 6.78. The Morgan fingerprint density at radius 1 is 0.453 bits per heavy atom. The molecule has 0 amide bonds. The average molecular weight is 707 g/mol. The Morgan fingerprint density at radius 3 is 1.42 bits per heavy atom. The fraction of sp³-hybridized carbons (Fsp3) is 0.234. The molecule has 1 aliphatic heterocycles. The van der Waals surface area contributed by atoms with Gasteiger partial charge in [0.1, 0.15) is 24.4 Å². The van der Waals surface area contributed by atoms with Gasteiger partial charge < -0.3 is 28.8 Å². The van der Waals surface area contributed by atoms with E-state index in [9.17, 15) is 5.11 Å². The summed E-state index contributed by atoms with van der Waals surface area (Å²) in [6, 6.07) is 58.2. The minimum atomic E-state index is -1.92. The van der Waals surface area contributed by atoms with Crippen molar-refractivity contribution in [3.8, 4) is 0 Å². The molecule has 5 atom stereocenters. The second kappa shape index (κ2) is 18.2. The van der Waals surface area contributed by atoms with E-state index in [0.717, 1.165) is 27.8 Å². The molecule has 6 aromatic carbocycles. The van der Waals surface area contributed by atoms with E-state index < -0.39 is 30.2 Å². The lowest BCUT2D eigenvalue weighted by Crippen LogP contribution is -2.65. The molecule has 1 saturated heterocycles. The number of rotatable bonds is 16. The summed E-state index contributed by atoms with van der Waals surface area (Å²) >= 11 is 0. The van der Waals surface area contributed by atoms with E-state index in [2.05, 4.69) is 18.2 Å². The molecule has 0 bridgehead atoms. The van der Waals surface area contributed by atoms with Gasteiger partial charge >= 0.3 is 0 Å². The molecule has 1 fully saturated rings. The van der Waals surface area contributed by atoms with Crippen molar-refractivity contribution < 1.29 is 28.8 Å². The molecule has 1 N–H and O–H groups in total. The molecular weight excluding hydrogens is 661 g/mol. The highest BCUT2D eigenvalue weighted by Crippen LogP contribution is 2.42. The molecule has 6 nitrogen and oxygen atoms in total. The highest BCUT2D eigenvalue weighted by atomic mass is 16.7. The fourth-order valence-corrected chi connectivity index (χ4v) is 6.82. The van der Waals surface area contributed by atoms with Gasteiger partial charge in [-0.25, -0.2) is 0 Å². The maximum Gasteiger partial charge on any atom is 0.222 e. The van der Waals surface area contributed by atoms with Crippen LogP contribution in [0.1, 0.15) is 38.9 Å². The maximum absolute atomic E-state index is 13.1. The third-order valence-corrected chi connectivity index (χ3v) is 9.53. The van der Waals surface area contributed by atoms with Crippen LogP contribution in [0.15, 0.2) is 176 Å². The zero-order valence-electron chi connectivity index (χ0n) is 29.8. The highest BCUT2D eigenvalue weighted by molar-refractivity contribution is 5.33. The Balaban J connectivity index is 1.27. The van der Waals surface area contributed by atoms with Gasteiger partial charge in [-0.1, -0.05) is 170 Å². The lowest BCUT2D eigenvalue weighted by molar-refractivity contribution is -0.378. The molecule has 0 aromatic heterocycles. The normalized spacial score (nSPS) is 21.3. The van der Waals surface area contributed by atoms with Gasteiger partial charge in [0, 0.05) is 5.56 Å². The Bertz CT molecular complexity index is 1940. The van der Waals surface area contributed by atoms with E-state index in [0.29, 0.717) is 25.2 Å². The van der Waals surface area contributed by atoms with Gasteiger partial charge in [0.25, 0.3) is 0 Å². The molecule has 0 radical (unpaired) electrons. The summed E-state index contributed by atoms with van der Waals surface area (Å²) < 4.78 is 33.6. The van der Waals surface area contributed by atoms with Crippen molar-refractivity contribution in [2.75, 3.05) is 6.61 Å². The van der Waals surface area contributed by atoms with Gasteiger partial charge in [-0.05, 0) is 45.9 Å². The standard InChI is InChI=1S/C47H46O6/c48-47(42-28-16-27-41(30-42)29-36-17-6-1-7-18-36)46(52-34-40-25-14-5-15-26-40)45(51-33-39-23-12-4-13-24-39)44(50-32-38-21-10-3-11-22-38)43(53-47)35-49-31-37-19-8-2-9-20-37/h1-28,30,43-46,48H,29,31-35H2/t43-,44-,45+,46-,47+/m1/s1. The first kappa shape index (κ1) is 36.4. The van der Waals surface area contributed by atoms with Crippen molar-refractivity contribution in [3.05, 3.63) is 215 Å². The summed E-state index contributed by atoms with van der Waals surface area (Å²) in [6.07, 6.45) is -2.43. The summed E-state index contributed by atoms with van der Waals surface area (Å²) in [7, 11) is 0. The van der Waals surface area contributed by atoms with Crippen LogP contribution in [0, 0.1) is 0 Å². The van der Waals surface area contributed by atoms with Crippen molar-refractivity contribution in [2.24, 2.45) is 0 Å². The minimum Gasteiger partial charge on any atom is -0.374 e. The monoisotopic (exact) mass is 706 g/mol. The number of hydrogen-bond donors (Lipinski definition) is 1. The van der Waals surface area contributed by atoms with Crippen LogP contribution in [0.3, 0.4) is 0 Å². The van der Waals surface area contributed by atoms with E-state index in [1.54, 1.807) is 0 Å². The number of ether oxygens (including phenoxy) is 5. The summed E-state index contributed by atoms with van der Waals surface area (Å²) in [5.74, 6) is -1.92. The smallest absolute Gasteiger partial charge is 0.222 e. The van der Waals surface area contributed by atoms with Crippen LogP contribution < -0.4 is 0 Å². The summed E-state index contributed by atoms with van der Waals surface area (Å²) in [5, 5.41) is 13.1. The van der Waals surface area contributed by atoms with Crippen LogP contribution in [0.25, 0.3) is 0 Å². The van der Waals surface area contributed by atoms with Gasteiger partial charge in [-0.2, -0.15) is 0 Å². The second-order valence-corrected chi connectivity index (χ2v) is 13.5. The third-order valence-electron chi connectivity index (χ3n) is 9.53. The van der Waals surface area contributed by atoms with Gasteiger partial charge in [-0.3, -0.25) is 0 Å². The average Bonchev–Trinajstić information content (AvgIpc) is 3.21. The molecule has 7 rings (SSSR count). The summed E-state index contributed by atoms with van der Waals surface area (Å²) in [6.45, 7) is 1.35. The van der Waals surface area contributed by atoms with Gasteiger partial charge in [0.15, 0.2) is 0 Å². The van der Waals surface area contributed by atoms with Crippen LogP contribution in [0.2, 0.25) is 0 Å². The highest BCUT2D eigenvalue weighted by Gasteiger charge is 2.57. The first-order chi connectivity index (χ1) is 26.1. The second-order valence-electron chi connectivity index (χ2n) is 13.5. The van der Waals surface area contributed by atoms with Crippen molar-refractivity contribution in [1.82, 2.24) is 0 Å². The Kier molecular flexibility index (Phi) is 12.5. The van der Waals surface area contributed by atoms with Crippen molar-refractivity contribution in [1.29, 1.82) is 0 Å². The van der Waals surface area contributed by atoms with Gasteiger partial charge in [0.05, 0.1) is 33.0 Å². The van der Waals surface area contributed by atoms with E-state index in [4.69, 9.17) is 23.7 Å². The van der Waals surface area contributed by atoms with E-state index >= 15 is 0 Å². The number of aliphatic hydroxyl groups is 1. The largest absolute Gasteiger partial charge is 0.374 e. The van der Waals surface area contributed by atoms with Crippen LogP contribution in [-0.2, 0) is 62.3 Å². The van der Waals surface area contributed by atoms with Crippen molar-refractivity contribution in [2.45, 2.75) is 63.1 Å². The molecule has 0 unspecified atom stereocenters. The summed E-state index contributed by atoms with van der Waals surface area (Å²) in [4.78, 5) is 0. The molecule has 0 spiro atoms. The predicted molar refractivity (Wildman–Crippen MR) is 206 cm³/mol. The number of hydrogen-bond acceptors (Lipinski definition) is 6. The van der Waals surface area contributed by atoms with Crippen LogP contribution >= 0.6 is 0 Å². The number of benzene rings is 6. The van der Waals surface area contributed by atoms with Crippen LogP contribution in [-0.4, -0.2) is 36.1 Å². The Hall–Kier alpha value is -4.92. The van der Waals surface area contributed by atoms with Crippen molar-refractivity contribution in [3.63, 3.8) is 0 Å².